The number of fused-ring (bicyclic) bond motifs is 6. The quantitative estimate of drug-likeness (QED) is 0.117. The normalized spacial score (nSPS) is 22.1. The highest BCUT2D eigenvalue weighted by Crippen LogP contribution is 2.46. The third kappa shape index (κ3) is 9.94. The van der Waals surface area contributed by atoms with Gasteiger partial charge in [-0.1, -0.05) is 12.8 Å². The molecule has 2 amide bonds. The van der Waals surface area contributed by atoms with E-state index < -0.39 is 47.9 Å². The molecular weight excluding hydrogens is 983 g/mol. The van der Waals surface area contributed by atoms with Crippen LogP contribution in [-0.2, 0) is 31.9 Å². The SMILES string of the molecule is COC(=O)N1c2ccc3c(nc([C@@H](O)c4cc(F)ccc4OC)n3[C@@H]3CCC[C@@H](C(C)=O)C3)c2CC[C@@H]1C.COC(=O)N1c2ccc3c(nc([C@H](O)c4cc(F)ccc4OC)n3[C@@H]3CCC[C@@H](C(=O)O)C3)c2CC[C@@H]1C. The Bertz CT molecular complexity index is 2980. The first kappa shape index (κ1) is 53.7. The zero-order chi connectivity index (χ0) is 54.3. The summed E-state index contributed by atoms with van der Waals surface area (Å²) in [5.41, 5.74) is 6.59. The number of ketones is 1. The predicted octanol–water partition coefficient (Wildman–Crippen LogP) is 10.5. The Labute approximate surface area is 439 Å². The second-order valence-electron chi connectivity index (χ2n) is 20.6. The number of benzene rings is 4. The molecule has 4 aromatic carbocycles. The lowest BCUT2D eigenvalue weighted by atomic mass is 9.83. The molecule has 76 heavy (non-hydrogen) atoms. The topological polar surface area (TPSA) is 208 Å². The first-order valence-corrected chi connectivity index (χ1v) is 26.1. The van der Waals surface area contributed by atoms with Crippen molar-refractivity contribution in [2.24, 2.45) is 11.8 Å². The van der Waals surface area contributed by atoms with Gasteiger partial charge in [-0.25, -0.2) is 28.3 Å². The summed E-state index contributed by atoms with van der Waals surface area (Å²) in [7, 11) is 5.64. The number of rotatable bonds is 10. The van der Waals surface area contributed by atoms with E-state index in [1.807, 2.05) is 47.2 Å². The van der Waals surface area contributed by atoms with Crippen LogP contribution in [0.4, 0.5) is 29.7 Å². The maximum atomic E-state index is 14.3. The molecule has 404 valence electrons. The van der Waals surface area contributed by atoms with Crippen LogP contribution >= 0.6 is 0 Å². The fraction of sp³-hybridized carbons (Fsp3) is 0.474. The summed E-state index contributed by atoms with van der Waals surface area (Å²) < 4.78 is 53.4. The van der Waals surface area contributed by atoms with Gasteiger partial charge in [0.1, 0.15) is 52.8 Å². The molecule has 19 heteroatoms. The number of aliphatic hydroxyl groups excluding tert-OH is 2. The number of aryl methyl sites for hydroxylation is 2. The average molecular weight is 1050 g/mol. The lowest BCUT2D eigenvalue weighted by Gasteiger charge is -2.34. The Morgan fingerprint density at radius 1 is 0.605 bits per heavy atom. The molecule has 0 radical (unpaired) electrons. The zero-order valence-corrected chi connectivity index (χ0v) is 43.9. The number of anilines is 2. The highest BCUT2D eigenvalue weighted by Gasteiger charge is 2.38. The van der Waals surface area contributed by atoms with Crippen molar-refractivity contribution in [3.8, 4) is 11.5 Å². The number of aromatic nitrogens is 4. The third-order valence-electron chi connectivity index (χ3n) is 16.1. The van der Waals surface area contributed by atoms with Crippen molar-refractivity contribution in [1.29, 1.82) is 0 Å². The number of aliphatic hydroxyl groups is 2. The number of amides is 2. The van der Waals surface area contributed by atoms with E-state index in [1.165, 1.54) is 64.8 Å². The Morgan fingerprint density at radius 3 is 1.42 bits per heavy atom. The van der Waals surface area contributed by atoms with Gasteiger partial charge in [0.15, 0.2) is 0 Å². The number of aliphatic carboxylic acids is 1. The van der Waals surface area contributed by atoms with Gasteiger partial charge in [0, 0.05) is 52.3 Å². The van der Waals surface area contributed by atoms with Crippen molar-refractivity contribution in [3.05, 3.63) is 106 Å². The number of nitrogens with zero attached hydrogens (tertiary/aromatic N) is 6. The van der Waals surface area contributed by atoms with E-state index in [1.54, 1.807) is 16.7 Å². The van der Waals surface area contributed by atoms with Crippen LogP contribution in [0.2, 0.25) is 0 Å². The molecule has 4 aliphatic rings. The zero-order valence-electron chi connectivity index (χ0n) is 43.9. The fourth-order valence-corrected chi connectivity index (χ4v) is 12.2. The molecule has 2 aliphatic heterocycles. The maximum absolute atomic E-state index is 14.3. The number of carboxylic acids is 1. The molecule has 0 spiro atoms. The van der Waals surface area contributed by atoms with Crippen LogP contribution in [-0.4, -0.2) is 98.9 Å². The minimum atomic E-state index is -1.33. The molecule has 10 rings (SSSR count). The van der Waals surface area contributed by atoms with Crippen molar-refractivity contribution < 1.29 is 62.2 Å². The van der Waals surface area contributed by atoms with Crippen LogP contribution in [0.15, 0.2) is 60.7 Å². The van der Waals surface area contributed by atoms with Gasteiger partial charge in [-0.15, -0.1) is 0 Å². The number of carbonyl (C=O) groups is 4. The Balaban J connectivity index is 0.000000186. The predicted molar refractivity (Wildman–Crippen MR) is 279 cm³/mol. The Morgan fingerprint density at radius 2 is 1.03 bits per heavy atom. The number of halogens is 2. The summed E-state index contributed by atoms with van der Waals surface area (Å²) in [6.45, 7) is 5.57. The number of methoxy groups -OCH3 is 4. The number of carbonyl (C=O) groups excluding carboxylic acids is 3. The minimum absolute atomic E-state index is 0.0363. The molecule has 6 aromatic rings. The van der Waals surface area contributed by atoms with Crippen LogP contribution in [0.1, 0.15) is 143 Å². The summed E-state index contributed by atoms with van der Waals surface area (Å²) in [4.78, 5) is 62.6. The standard InChI is InChI=1S/C29H34FN3O5.C28H32FN3O6/c1-16-8-10-21-23(32(16)29(36)38-4)11-12-24-26(21)31-28(27(35)22-15-19(30)9-13-25(22)37-3)33(24)20-7-5-6-18(14-20)17(2)34;1-15-7-9-19-21(31(15)28(36)38-3)10-11-22-24(19)30-26(25(33)20-14-17(29)8-12-23(20)37-2)32(22)18-6-4-5-16(13-18)27(34)35/h9,11-13,15-16,18,20,27,35H,5-8,10,14H2,1-4H3;8,10-12,14-16,18,25,33H,4-7,9,13H2,1-3H3,(H,34,35)/t16-,18+,20+,27-;15-,16+,18+,25+/m00/s1. The van der Waals surface area contributed by atoms with Crippen molar-refractivity contribution >= 4 is 57.4 Å². The molecule has 0 saturated heterocycles. The number of Topliss-reactive ketones (excluding diaryl/α,β-unsaturated/α-hetero) is 1. The molecule has 0 bridgehead atoms. The summed E-state index contributed by atoms with van der Waals surface area (Å²) in [6.07, 6.45) is 4.95. The van der Waals surface area contributed by atoms with E-state index in [0.717, 1.165) is 66.4 Å². The van der Waals surface area contributed by atoms with E-state index in [-0.39, 0.29) is 52.8 Å². The van der Waals surface area contributed by atoms with Crippen LogP contribution in [0.25, 0.3) is 22.1 Å². The molecule has 3 N–H and O–H groups in total. The molecule has 4 heterocycles. The van der Waals surface area contributed by atoms with Crippen LogP contribution in [0.5, 0.6) is 11.5 Å². The van der Waals surface area contributed by atoms with Gasteiger partial charge >= 0.3 is 18.2 Å². The Hall–Kier alpha value is -7.12. The van der Waals surface area contributed by atoms with Gasteiger partial charge in [-0.05, 0) is 146 Å². The van der Waals surface area contributed by atoms with Crippen LogP contribution in [0, 0.1) is 23.5 Å². The van der Waals surface area contributed by atoms with E-state index in [4.69, 9.17) is 28.9 Å². The largest absolute Gasteiger partial charge is 0.496 e. The third-order valence-corrected chi connectivity index (χ3v) is 16.1. The van der Waals surface area contributed by atoms with Gasteiger partial charge in [-0.2, -0.15) is 0 Å². The number of hydrogen-bond donors (Lipinski definition) is 3. The summed E-state index contributed by atoms with van der Waals surface area (Å²) in [6, 6.07) is 15.1. The van der Waals surface area contributed by atoms with Gasteiger partial charge in [0.25, 0.3) is 0 Å². The summed E-state index contributed by atoms with van der Waals surface area (Å²) in [5, 5.41) is 33.0. The molecule has 17 nitrogen and oxygen atoms in total. The fourth-order valence-electron chi connectivity index (χ4n) is 12.2. The van der Waals surface area contributed by atoms with Crippen LogP contribution < -0.4 is 19.3 Å². The van der Waals surface area contributed by atoms with Crippen molar-refractivity contribution in [2.75, 3.05) is 38.2 Å². The summed E-state index contributed by atoms with van der Waals surface area (Å²) >= 11 is 0. The number of imidazole rings is 2. The number of hydrogen-bond acceptors (Lipinski definition) is 12. The van der Waals surface area contributed by atoms with E-state index in [2.05, 4.69) is 0 Å². The number of carboxylic acid groups (broad SMARTS) is 1. The molecule has 2 fully saturated rings. The highest BCUT2D eigenvalue weighted by molar-refractivity contribution is 5.97. The van der Waals surface area contributed by atoms with Crippen molar-refractivity contribution in [2.45, 2.75) is 134 Å². The van der Waals surface area contributed by atoms with Gasteiger partial charge in [0.05, 0.1) is 67.8 Å². The lowest BCUT2D eigenvalue weighted by molar-refractivity contribution is -0.143. The van der Waals surface area contributed by atoms with E-state index >= 15 is 0 Å². The van der Waals surface area contributed by atoms with Crippen molar-refractivity contribution in [3.63, 3.8) is 0 Å². The summed E-state index contributed by atoms with van der Waals surface area (Å²) in [5.74, 6) is -0.926. The number of ether oxygens (including phenoxy) is 4. The van der Waals surface area contributed by atoms with Gasteiger partial charge in [-0.3, -0.25) is 19.4 Å². The highest BCUT2D eigenvalue weighted by atomic mass is 19.1. The molecule has 0 unspecified atom stereocenters. The van der Waals surface area contributed by atoms with Crippen LogP contribution in [0.3, 0.4) is 0 Å². The average Bonchev–Trinajstić information content (AvgIpc) is 4.02. The van der Waals surface area contributed by atoms with Gasteiger partial charge in [0.2, 0.25) is 0 Å². The second-order valence-corrected chi connectivity index (χ2v) is 20.6. The van der Waals surface area contributed by atoms with E-state index in [9.17, 15) is 43.3 Å². The molecular formula is C57H66F2N6O11. The maximum Gasteiger partial charge on any atom is 0.414 e. The van der Waals surface area contributed by atoms with Crippen molar-refractivity contribution in [1.82, 2.24) is 19.1 Å². The smallest absolute Gasteiger partial charge is 0.414 e. The Kier molecular flexibility index (Phi) is 15.7. The monoisotopic (exact) mass is 1050 g/mol. The molecule has 2 aliphatic carbocycles. The molecule has 8 atom stereocenters. The minimum Gasteiger partial charge on any atom is -0.496 e. The molecule has 2 saturated carbocycles. The lowest BCUT2D eigenvalue weighted by Crippen LogP contribution is -2.42. The van der Waals surface area contributed by atoms with Gasteiger partial charge < -0.3 is 43.4 Å². The molecule has 2 aromatic heterocycles. The first-order valence-electron chi connectivity index (χ1n) is 26.1. The first-order chi connectivity index (χ1) is 36.5. The van der Waals surface area contributed by atoms with E-state index in [0.29, 0.717) is 72.6 Å². The second kappa shape index (κ2) is 22.2.